The van der Waals surface area contributed by atoms with E-state index in [2.05, 4.69) is 10.6 Å². The molecule has 2 rings (SSSR count). The van der Waals surface area contributed by atoms with Crippen molar-refractivity contribution in [2.45, 2.75) is 32.3 Å². The smallest absolute Gasteiger partial charge is 0.226 e. The van der Waals surface area contributed by atoms with Crippen LogP contribution in [0.3, 0.4) is 0 Å². The fourth-order valence-corrected chi connectivity index (χ4v) is 2.24. The Kier molecular flexibility index (Phi) is 5.38. The fraction of sp³-hybridized carbons (Fsp3) is 0.533. The van der Waals surface area contributed by atoms with Crippen molar-refractivity contribution < 1.29 is 14.6 Å². The van der Waals surface area contributed by atoms with Crippen LogP contribution in [0.25, 0.3) is 0 Å². The lowest BCUT2D eigenvalue weighted by molar-refractivity contribution is -0.117. The molecule has 1 aromatic carbocycles. The molecule has 1 aliphatic rings. The first-order valence-electron chi connectivity index (χ1n) is 7.07. The molecule has 3 N–H and O–H groups in total. The van der Waals surface area contributed by atoms with Crippen molar-refractivity contribution in [2.75, 3.05) is 25.0 Å². The third-order valence-corrected chi connectivity index (χ3v) is 3.40. The number of aryl methyl sites for hydroxylation is 1. The monoisotopic (exact) mass is 278 g/mol. The number of amides is 1. The van der Waals surface area contributed by atoms with Gasteiger partial charge in [0.15, 0.2) is 0 Å². The lowest BCUT2D eigenvalue weighted by atomic mass is 10.1. The Hall–Kier alpha value is -1.59. The third-order valence-electron chi connectivity index (χ3n) is 3.40. The average Bonchev–Trinajstić information content (AvgIpc) is 2.44. The van der Waals surface area contributed by atoms with Crippen molar-refractivity contribution in [2.24, 2.45) is 0 Å². The molecule has 20 heavy (non-hydrogen) atoms. The van der Waals surface area contributed by atoms with Crippen LogP contribution in [0.1, 0.15) is 24.8 Å². The molecule has 0 atom stereocenters. The quantitative estimate of drug-likeness (QED) is 0.718. The van der Waals surface area contributed by atoms with E-state index in [0.717, 1.165) is 31.5 Å². The lowest BCUT2D eigenvalue weighted by Crippen LogP contribution is -2.33. The van der Waals surface area contributed by atoms with Gasteiger partial charge in [-0.15, -0.1) is 0 Å². The molecule has 5 heteroatoms. The Morgan fingerprint density at radius 2 is 2.20 bits per heavy atom. The number of phenolic OH excluding ortho intramolecular Hbond substituents is 1. The predicted octanol–water partition coefficient (Wildman–Crippen LogP) is 1.80. The molecule has 1 aromatic rings. The van der Waals surface area contributed by atoms with Gasteiger partial charge in [-0.2, -0.15) is 0 Å². The summed E-state index contributed by atoms with van der Waals surface area (Å²) in [5, 5.41) is 15.6. The molecule has 0 radical (unpaired) electrons. The number of hydrogen-bond acceptors (Lipinski definition) is 4. The minimum Gasteiger partial charge on any atom is -0.506 e. The molecule has 0 aliphatic carbocycles. The van der Waals surface area contributed by atoms with Crippen LogP contribution in [0.2, 0.25) is 0 Å². The van der Waals surface area contributed by atoms with Crippen LogP contribution in [0.15, 0.2) is 18.2 Å². The number of benzene rings is 1. The molecule has 1 fully saturated rings. The Labute approximate surface area is 119 Å². The highest BCUT2D eigenvalue weighted by atomic mass is 16.5. The zero-order valence-electron chi connectivity index (χ0n) is 11.8. The summed E-state index contributed by atoms with van der Waals surface area (Å²) < 4.78 is 5.68. The van der Waals surface area contributed by atoms with E-state index >= 15 is 0 Å². The molecule has 110 valence electrons. The number of nitrogens with one attached hydrogen (secondary N) is 2. The average molecular weight is 278 g/mol. The molecule has 1 heterocycles. The van der Waals surface area contributed by atoms with E-state index in [9.17, 15) is 9.90 Å². The second-order valence-electron chi connectivity index (χ2n) is 5.14. The predicted molar refractivity (Wildman–Crippen MR) is 77.9 cm³/mol. The molecule has 0 aromatic heterocycles. The summed E-state index contributed by atoms with van der Waals surface area (Å²) in [5.41, 5.74) is 1.45. The molecular weight excluding hydrogens is 256 g/mol. The molecule has 0 saturated carbocycles. The number of aromatic hydroxyl groups is 1. The van der Waals surface area contributed by atoms with Gasteiger partial charge in [0.25, 0.3) is 0 Å². The Balaban J connectivity index is 1.73. The zero-order chi connectivity index (χ0) is 14.4. The molecule has 0 spiro atoms. The van der Waals surface area contributed by atoms with Gasteiger partial charge in [-0.1, -0.05) is 6.07 Å². The van der Waals surface area contributed by atoms with E-state index in [0.29, 0.717) is 18.7 Å². The molecule has 0 unspecified atom stereocenters. The first-order chi connectivity index (χ1) is 9.65. The van der Waals surface area contributed by atoms with Crippen LogP contribution in [0.4, 0.5) is 5.69 Å². The zero-order valence-corrected chi connectivity index (χ0v) is 11.8. The van der Waals surface area contributed by atoms with Gasteiger partial charge in [0.1, 0.15) is 5.75 Å². The molecular formula is C15H22N2O3. The highest BCUT2D eigenvalue weighted by Gasteiger charge is 2.14. The lowest BCUT2D eigenvalue weighted by Gasteiger charge is -2.22. The highest BCUT2D eigenvalue weighted by Crippen LogP contribution is 2.23. The van der Waals surface area contributed by atoms with Gasteiger partial charge >= 0.3 is 0 Å². The van der Waals surface area contributed by atoms with Crippen LogP contribution in [0, 0.1) is 6.92 Å². The summed E-state index contributed by atoms with van der Waals surface area (Å²) in [7, 11) is 0. The van der Waals surface area contributed by atoms with Gasteiger partial charge in [0.05, 0.1) is 24.8 Å². The molecule has 1 saturated heterocycles. The van der Waals surface area contributed by atoms with Crippen molar-refractivity contribution in [3.63, 3.8) is 0 Å². The van der Waals surface area contributed by atoms with Crippen molar-refractivity contribution in [1.29, 1.82) is 0 Å². The van der Waals surface area contributed by atoms with Gasteiger partial charge < -0.3 is 20.5 Å². The molecule has 1 aliphatic heterocycles. The maximum Gasteiger partial charge on any atom is 0.226 e. The van der Waals surface area contributed by atoms with Gasteiger partial charge in [-0.05, 0) is 50.6 Å². The van der Waals surface area contributed by atoms with Crippen LogP contribution in [0.5, 0.6) is 5.75 Å². The number of phenols is 1. The second-order valence-corrected chi connectivity index (χ2v) is 5.14. The summed E-state index contributed by atoms with van der Waals surface area (Å²) in [6.07, 6.45) is 2.56. The number of anilines is 1. The van der Waals surface area contributed by atoms with E-state index in [4.69, 9.17) is 4.74 Å². The van der Waals surface area contributed by atoms with Crippen molar-refractivity contribution in [3.8, 4) is 5.75 Å². The maximum absolute atomic E-state index is 11.8. The number of rotatable bonds is 5. The number of carbonyl (C=O) groups is 1. The van der Waals surface area contributed by atoms with Gasteiger partial charge in [-0.25, -0.2) is 0 Å². The van der Waals surface area contributed by atoms with Crippen LogP contribution in [-0.2, 0) is 9.53 Å². The number of ether oxygens (including phenoxy) is 1. The van der Waals surface area contributed by atoms with Crippen molar-refractivity contribution in [3.05, 3.63) is 23.8 Å². The first kappa shape index (κ1) is 14.8. The van der Waals surface area contributed by atoms with E-state index in [-0.39, 0.29) is 17.8 Å². The summed E-state index contributed by atoms with van der Waals surface area (Å²) >= 11 is 0. The van der Waals surface area contributed by atoms with Crippen molar-refractivity contribution in [1.82, 2.24) is 5.32 Å². The number of hydrogen-bond donors (Lipinski definition) is 3. The Morgan fingerprint density at radius 3 is 2.95 bits per heavy atom. The standard InChI is InChI=1S/C15H22N2O3/c1-11-2-3-14(18)13(10-11)17-15(19)6-9-20-12-4-7-16-8-5-12/h2-3,10,12,16,18H,4-9H2,1H3,(H,17,19). The molecule has 5 nitrogen and oxygen atoms in total. The third kappa shape index (κ3) is 4.51. The minimum atomic E-state index is -0.139. The minimum absolute atomic E-state index is 0.0863. The fourth-order valence-electron chi connectivity index (χ4n) is 2.24. The highest BCUT2D eigenvalue weighted by molar-refractivity contribution is 5.92. The summed E-state index contributed by atoms with van der Waals surface area (Å²) in [5.74, 6) is -0.0527. The Bertz CT molecular complexity index is 456. The van der Waals surface area contributed by atoms with E-state index in [1.54, 1.807) is 18.2 Å². The van der Waals surface area contributed by atoms with Crippen LogP contribution >= 0.6 is 0 Å². The van der Waals surface area contributed by atoms with Gasteiger partial charge in [-0.3, -0.25) is 4.79 Å². The van der Waals surface area contributed by atoms with E-state index in [1.807, 2.05) is 6.92 Å². The van der Waals surface area contributed by atoms with E-state index in [1.165, 1.54) is 0 Å². The number of carbonyl (C=O) groups excluding carboxylic acids is 1. The largest absolute Gasteiger partial charge is 0.506 e. The van der Waals surface area contributed by atoms with Gasteiger partial charge in [0.2, 0.25) is 5.91 Å². The SMILES string of the molecule is Cc1ccc(O)c(NC(=O)CCOC2CCNCC2)c1. The summed E-state index contributed by atoms with van der Waals surface area (Å²) in [6.45, 7) is 4.29. The topological polar surface area (TPSA) is 70.6 Å². The molecule has 1 amide bonds. The molecule has 0 bridgehead atoms. The second kappa shape index (κ2) is 7.26. The van der Waals surface area contributed by atoms with Crippen LogP contribution < -0.4 is 10.6 Å². The maximum atomic E-state index is 11.8. The van der Waals surface area contributed by atoms with Gasteiger partial charge in [0, 0.05) is 0 Å². The Morgan fingerprint density at radius 1 is 1.45 bits per heavy atom. The van der Waals surface area contributed by atoms with Crippen molar-refractivity contribution >= 4 is 11.6 Å². The summed E-state index contributed by atoms with van der Waals surface area (Å²) in [4.78, 5) is 11.8. The van der Waals surface area contributed by atoms with E-state index < -0.39 is 0 Å². The van der Waals surface area contributed by atoms with Crippen LogP contribution in [-0.4, -0.2) is 36.8 Å². The normalized spacial score (nSPS) is 16.1. The number of piperidine rings is 1. The first-order valence-corrected chi connectivity index (χ1v) is 7.07. The summed E-state index contributed by atoms with van der Waals surface area (Å²) in [6, 6.07) is 5.13.